The minimum absolute atomic E-state index is 0.592. The summed E-state index contributed by atoms with van der Waals surface area (Å²) < 4.78 is 20.6. The van der Waals surface area contributed by atoms with E-state index in [0.29, 0.717) is 0 Å². The minimum atomic E-state index is -1.69. The van der Waals surface area contributed by atoms with Crippen molar-refractivity contribution >= 4 is 0 Å². The molecule has 0 aromatic rings. The van der Waals surface area contributed by atoms with E-state index < -0.39 is 74.6 Å². The van der Waals surface area contributed by atoms with Crippen molar-refractivity contribution in [3.05, 3.63) is 0 Å². The van der Waals surface area contributed by atoms with Crippen LogP contribution in [0.2, 0.25) is 0 Å². The monoisotopic (exact) mass is 356 g/mol. The number of ether oxygens (including phenoxy) is 4. The zero-order valence-corrected chi connectivity index (χ0v) is 13.0. The van der Waals surface area contributed by atoms with Crippen LogP contribution in [0.1, 0.15) is 0 Å². The third-order valence-electron chi connectivity index (χ3n) is 4.19. The lowest BCUT2D eigenvalue weighted by molar-refractivity contribution is -0.357. The van der Waals surface area contributed by atoms with Crippen molar-refractivity contribution in [1.29, 1.82) is 0 Å². The third kappa shape index (κ3) is 3.71. The van der Waals surface area contributed by atoms with Crippen molar-refractivity contribution in [2.45, 2.75) is 61.4 Å². The molecule has 0 aromatic carbocycles. The quantitative estimate of drug-likeness (QED) is 0.251. The Labute approximate surface area is 137 Å². The van der Waals surface area contributed by atoms with E-state index in [2.05, 4.69) is 0 Å². The van der Waals surface area contributed by atoms with Crippen molar-refractivity contribution in [1.82, 2.24) is 0 Å². The second-order valence-electron chi connectivity index (χ2n) is 5.74. The summed E-state index contributed by atoms with van der Waals surface area (Å²) in [6.07, 6.45) is -14.3. The SMILES string of the molecule is CO[C@@H]1O[C@H](CO)[C@@H](O[C@@H]2O[C@H](CO)[C@H](O)[C@H](O)[C@H]2O)[C@H](O)[C@H]1O. The first-order chi connectivity index (χ1) is 11.3. The molecule has 0 saturated carbocycles. The molecular formula is C13H24O11. The van der Waals surface area contributed by atoms with E-state index in [-0.39, 0.29) is 0 Å². The lowest BCUT2D eigenvalue weighted by atomic mass is 9.97. The number of aliphatic hydroxyl groups excluding tert-OH is 7. The van der Waals surface area contributed by atoms with Gasteiger partial charge in [-0.1, -0.05) is 0 Å². The fourth-order valence-corrected chi connectivity index (χ4v) is 2.75. The van der Waals surface area contributed by atoms with Crippen LogP contribution in [-0.4, -0.2) is 117 Å². The van der Waals surface area contributed by atoms with Crippen LogP contribution in [-0.2, 0) is 18.9 Å². The highest BCUT2D eigenvalue weighted by atomic mass is 16.7. The van der Waals surface area contributed by atoms with Crippen LogP contribution >= 0.6 is 0 Å². The van der Waals surface area contributed by atoms with Gasteiger partial charge in [-0.05, 0) is 0 Å². The van der Waals surface area contributed by atoms with Crippen molar-refractivity contribution in [3.63, 3.8) is 0 Å². The van der Waals surface area contributed by atoms with Crippen molar-refractivity contribution in [2.24, 2.45) is 0 Å². The van der Waals surface area contributed by atoms with Crippen LogP contribution in [0.3, 0.4) is 0 Å². The maximum Gasteiger partial charge on any atom is 0.187 e. The molecule has 2 saturated heterocycles. The first-order valence-electron chi connectivity index (χ1n) is 7.46. The summed E-state index contributed by atoms with van der Waals surface area (Å²) in [4.78, 5) is 0. The molecule has 2 fully saturated rings. The average Bonchev–Trinajstić information content (AvgIpc) is 2.59. The molecule has 142 valence electrons. The smallest absolute Gasteiger partial charge is 0.187 e. The van der Waals surface area contributed by atoms with Gasteiger partial charge in [0.15, 0.2) is 12.6 Å². The maximum absolute atomic E-state index is 10.2. The predicted octanol–water partition coefficient (Wildman–Crippen LogP) is -4.74. The molecule has 11 heteroatoms. The molecule has 0 aliphatic carbocycles. The predicted molar refractivity (Wildman–Crippen MR) is 73.4 cm³/mol. The van der Waals surface area contributed by atoms with E-state index in [1.807, 2.05) is 0 Å². The summed E-state index contributed by atoms with van der Waals surface area (Å²) >= 11 is 0. The third-order valence-corrected chi connectivity index (χ3v) is 4.19. The standard InChI is InChI=1S/C13H24O11/c1-21-12-10(20)8(18)11(5(3-15)23-12)24-13-9(19)7(17)6(16)4(2-14)22-13/h4-20H,2-3H2,1H3/t4-,5-,6+,7+,8-,9-,10-,11-,12-,13+/m1/s1. The van der Waals surface area contributed by atoms with Gasteiger partial charge in [0.1, 0.15) is 48.8 Å². The number of rotatable bonds is 5. The molecule has 2 aliphatic rings. The van der Waals surface area contributed by atoms with E-state index in [1.54, 1.807) is 0 Å². The normalized spacial score (nSPS) is 50.0. The molecule has 2 aliphatic heterocycles. The second-order valence-corrected chi connectivity index (χ2v) is 5.74. The summed E-state index contributed by atoms with van der Waals surface area (Å²) in [6, 6.07) is 0. The Morgan fingerprint density at radius 1 is 0.708 bits per heavy atom. The van der Waals surface area contributed by atoms with Crippen LogP contribution in [0.4, 0.5) is 0 Å². The molecule has 2 rings (SSSR count). The number of hydrogen-bond acceptors (Lipinski definition) is 11. The van der Waals surface area contributed by atoms with Gasteiger partial charge in [-0.2, -0.15) is 0 Å². The summed E-state index contributed by atoms with van der Waals surface area (Å²) in [5, 5.41) is 68.0. The summed E-state index contributed by atoms with van der Waals surface area (Å²) in [7, 11) is 1.24. The fraction of sp³-hybridized carbons (Fsp3) is 1.00. The van der Waals surface area contributed by atoms with E-state index in [9.17, 15) is 30.6 Å². The first-order valence-corrected chi connectivity index (χ1v) is 7.46. The molecule has 0 amide bonds. The Hall–Kier alpha value is -0.440. The van der Waals surface area contributed by atoms with E-state index in [4.69, 9.17) is 24.1 Å². The Morgan fingerprint density at radius 2 is 1.25 bits per heavy atom. The molecule has 0 spiro atoms. The van der Waals surface area contributed by atoms with Gasteiger partial charge >= 0.3 is 0 Å². The van der Waals surface area contributed by atoms with Crippen LogP contribution in [0.25, 0.3) is 0 Å². The minimum Gasteiger partial charge on any atom is -0.394 e. The molecule has 0 aromatic heterocycles. The van der Waals surface area contributed by atoms with E-state index >= 15 is 0 Å². The molecule has 0 bridgehead atoms. The van der Waals surface area contributed by atoms with Gasteiger partial charge in [0.25, 0.3) is 0 Å². The zero-order valence-electron chi connectivity index (χ0n) is 13.0. The Balaban J connectivity index is 2.12. The van der Waals surface area contributed by atoms with Crippen molar-refractivity contribution in [2.75, 3.05) is 20.3 Å². The molecule has 11 nitrogen and oxygen atoms in total. The van der Waals surface area contributed by atoms with Gasteiger partial charge in [0.2, 0.25) is 0 Å². The van der Waals surface area contributed by atoms with Gasteiger partial charge in [0, 0.05) is 7.11 Å². The molecule has 2 heterocycles. The molecule has 7 N–H and O–H groups in total. The Kier molecular flexibility index (Phi) is 6.87. The Bertz CT molecular complexity index is 392. The second kappa shape index (κ2) is 8.29. The number of hydrogen-bond donors (Lipinski definition) is 7. The van der Waals surface area contributed by atoms with Gasteiger partial charge < -0.3 is 54.7 Å². The summed E-state index contributed by atoms with van der Waals surface area (Å²) in [5.74, 6) is 0. The summed E-state index contributed by atoms with van der Waals surface area (Å²) in [6.45, 7) is -1.24. The van der Waals surface area contributed by atoms with Gasteiger partial charge in [-0.15, -0.1) is 0 Å². The zero-order chi connectivity index (χ0) is 18.0. The number of methoxy groups -OCH3 is 1. The largest absolute Gasteiger partial charge is 0.394 e. The van der Waals surface area contributed by atoms with Gasteiger partial charge in [-0.25, -0.2) is 0 Å². The van der Waals surface area contributed by atoms with Crippen LogP contribution in [0, 0.1) is 0 Å². The first kappa shape index (κ1) is 19.9. The van der Waals surface area contributed by atoms with Gasteiger partial charge in [-0.3, -0.25) is 0 Å². The molecular weight excluding hydrogens is 332 g/mol. The highest BCUT2D eigenvalue weighted by molar-refractivity contribution is 4.93. The van der Waals surface area contributed by atoms with Crippen LogP contribution < -0.4 is 0 Å². The molecule has 0 radical (unpaired) electrons. The molecule has 0 unspecified atom stereocenters. The van der Waals surface area contributed by atoms with E-state index in [1.165, 1.54) is 7.11 Å². The lowest BCUT2D eigenvalue weighted by Crippen LogP contribution is -2.64. The highest BCUT2D eigenvalue weighted by Gasteiger charge is 2.50. The topological polar surface area (TPSA) is 179 Å². The fourth-order valence-electron chi connectivity index (χ4n) is 2.75. The van der Waals surface area contributed by atoms with E-state index in [0.717, 1.165) is 0 Å². The highest BCUT2D eigenvalue weighted by Crippen LogP contribution is 2.29. The number of aliphatic hydroxyl groups is 7. The molecule has 10 atom stereocenters. The van der Waals surface area contributed by atoms with Crippen molar-refractivity contribution < 1.29 is 54.7 Å². The lowest BCUT2D eigenvalue weighted by Gasteiger charge is -2.45. The van der Waals surface area contributed by atoms with Crippen molar-refractivity contribution in [3.8, 4) is 0 Å². The Morgan fingerprint density at radius 3 is 1.79 bits per heavy atom. The summed E-state index contributed by atoms with van der Waals surface area (Å²) in [5.41, 5.74) is 0. The van der Waals surface area contributed by atoms with Crippen LogP contribution in [0.15, 0.2) is 0 Å². The average molecular weight is 356 g/mol. The van der Waals surface area contributed by atoms with Crippen LogP contribution in [0.5, 0.6) is 0 Å². The maximum atomic E-state index is 10.2. The van der Waals surface area contributed by atoms with Gasteiger partial charge in [0.05, 0.1) is 13.2 Å². The molecule has 24 heavy (non-hydrogen) atoms.